The largest absolute Gasteiger partial charge is 0.457 e. The van der Waals surface area contributed by atoms with Crippen molar-refractivity contribution in [2.24, 2.45) is 0 Å². The van der Waals surface area contributed by atoms with E-state index in [0.29, 0.717) is 0 Å². The Morgan fingerprint density at radius 2 is 1.45 bits per heavy atom. The molecule has 0 amide bonds. The molecule has 2 nitrogen and oxygen atoms in total. The highest BCUT2D eigenvalue weighted by Gasteiger charge is 2.43. The summed E-state index contributed by atoms with van der Waals surface area (Å²) in [5.74, 6) is 1.33. The monoisotopic (exact) mass is 152 g/mol. The third-order valence-electron chi connectivity index (χ3n) is 2.23. The predicted molar refractivity (Wildman–Crippen MR) is 41.6 cm³/mol. The molecular weight excluding hydrogens is 140 g/mol. The van der Waals surface area contributed by atoms with E-state index in [1.165, 1.54) is 0 Å². The summed E-state index contributed by atoms with van der Waals surface area (Å²) in [6.07, 6.45) is 3.72. The SMILES string of the molecule is C=C1CCC2(CCC(=C)O2)O1. The van der Waals surface area contributed by atoms with Crippen molar-refractivity contribution in [3.8, 4) is 0 Å². The molecule has 0 aromatic heterocycles. The van der Waals surface area contributed by atoms with Gasteiger partial charge in [-0.25, -0.2) is 0 Å². The molecule has 0 saturated carbocycles. The molecule has 2 saturated heterocycles. The highest BCUT2D eigenvalue weighted by atomic mass is 16.7. The van der Waals surface area contributed by atoms with Gasteiger partial charge in [0.15, 0.2) is 0 Å². The Hall–Kier alpha value is -0.920. The second-order valence-electron chi connectivity index (χ2n) is 3.19. The summed E-state index contributed by atoms with van der Waals surface area (Å²) in [5, 5.41) is 0. The van der Waals surface area contributed by atoms with Gasteiger partial charge in [-0.1, -0.05) is 13.2 Å². The topological polar surface area (TPSA) is 18.5 Å². The standard InChI is InChI=1S/C9H12O2/c1-7-3-5-9(10-7)6-4-8(2)11-9/h1-6H2. The van der Waals surface area contributed by atoms with Crippen molar-refractivity contribution in [2.45, 2.75) is 31.5 Å². The Morgan fingerprint density at radius 1 is 1.00 bits per heavy atom. The van der Waals surface area contributed by atoms with Crippen LogP contribution >= 0.6 is 0 Å². The van der Waals surface area contributed by atoms with Gasteiger partial charge in [0.1, 0.15) is 0 Å². The molecule has 2 heteroatoms. The summed E-state index contributed by atoms with van der Waals surface area (Å²) < 4.78 is 11.0. The maximum Gasteiger partial charge on any atom is 0.251 e. The van der Waals surface area contributed by atoms with Crippen LogP contribution in [0.5, 0.6) is 0 Å². The molecule has 2 aliphatic rings. The molecule has 0 bridgehead atoms. The summed E-state index contributed by atoms with van der Waals surface area (Å²) in [5.41, 5.74) is 0. The Balaban J connectivity index is 2.13. The van der Waals surface area contributed by atoms with Crippen LogP contribution in [0.25, 0.3) is 0 Å². The molecule has 2 heterocycles. The third-order valence-corrected chi connectivity index (χ3v) is 2.23. The van der Waals surface area contributed by atoms with Gasteiger partial charge in [-0.05, 0) is 0 Å². The summed E-state index contributed by atoms with van der Waals surface area (Å²) in [7, 11) is 0. The van der Waals surface area contributed by atoms with E-state index < -0.39 is 0 Å². The van der Waals surface area contributed by atoms with Crippen LogP contribution in [0, 0.1) is 0 Å². The van der Waals surface area contributed by atoms with Crippen LogP contribution in [0.15, 0.2) is 24.7 Å². The van der Waals surface area contributed by atoms with Gasteiger partial charge in [-0.2, -0.15) is 0 Å². The van der Waals surface area contributed by atoms with E-state index in [2.05, 4.69) is 13.2 Å². The zero-order valence-corrected chi connectivity index (χ0v) is 6.56. The summed E-state index contributed by atoms with van der Waals surface area (Å²) >= 11 is 0. The van der Waals surface area contributed by atoms with Crippen molar-refractivity contribution in [3.05, 3.63) is 24.7 Å². The Morgan fingerprint density at radius 3 is 1.73 bits per heavy atom. The number of ether oxygens (including phenoxy) is 2. The Bertz CT molecular complexity index is 194. The fraction of sp³-hybridized carbons (Fsp3) is 0.556. The Labute approximate surface area is 66.5 Å². The molecule has 0 aromatic rings. The lowest BCUT2D eigenvalue weighted by atomic mass is 10.1. The molecule has 0 N–H and O–H groups in total. The molecule has 0 aliphatic carbocycles. The fourth-order valence-electron chi connectivity index (χ4n) is 1.64. The molecule has 2 rings (SSSR count). The average Bonchev–Trinajstić information content (AvgIpc) is 2.44. The van der Waals surface area contributed by atoms with Crippen molar-refractivity contribution in [1.29, 1.82) is 0 Å². The highest BCUT2D eigenvalue weighted by molar-refractivity contribution is 5.03. The second-order valence-corrected chi connectivity index (χ2v) is 3.19. The van der Waals surface area contributed by atoms with E-state index in [0.717, 1.165) is 37.2 Å². The maximum absolute atomic E-state index is 5.50. The first-order valence-electron chi connectivity index (χ1n) is 3.94. The minimum Gasteiger partial charge on any atom is -0.457 e. The van der Waals surface area contributed by atoms with Crippen LogP contribution < -0.4 is 0 Å². The quantitative estimate of drug-likeness (QED) is 0.530. The molecule has 1 spiro atoms. The van der Waals surface area contributed by atoms with Crippen molar-refractivity contribution >= 4 is 0 Å². The maximum atomic E-state index is 5.50. The van der Waals surface area contributed by atoms with Gasteiger partial charge in [-0.15, -0.1) is 0 Å². The molecule has 0 atom stereocenters. The summed E-state index contributed by atoms with van der Waals surface area (Å²) in [6.45, 7) is 7.53. The number of hydrogen-bond donors (Lipinski definition) is 0. The fourth-order valence-corrected chi connectivity index (χ4v) is 1.64. The van der Waals surface area contributed by atoms with Gasteiger partial charge >= 0.3 is 0 Å². The van der Waals surface area contributed by atoms with Gasteiger partial charge < -0.3 is 9.47 Å². The zero-order valence-electron chi connectivity index (χ0n) is 6.56. The second kappa shape index (κ2) is 2.03. The average molecular weight is 152 g/mol. The number of rotatable bonds is 0. The molecule has 0 radical (unpaired) electrons. The summed E-state index contributed by atoms with van der Waals surface area (Å²) in [6, 6.07) is 0. The minimum absolute atomic E-state index is 0.367. The van der Waals surface area contributed by atoms with Gasteiger partial charge in [0, 0.05) is 25.7 Å². The van der Waals surface area contributed by atoms with Crippen LogP contribution in [0.4, 0.5) is 0 Å². The van der Waals surface area contributed by atoms with Crippen molar-refractivity contribution in [2.75, 3.05) is 0 Å². The van der Waals surface area contributed by atoms with E-state index in [4.69, 9.17) is 9.47 Å². The van der Waals surface area contributed by atoms with E-state index in [-0.39, 0.29) is 5.79 Å². The van der Waals surface area contributed by atoms with Crippen molar-refractivity contribution in [3.63, 3.8) is 0 Å². The van der Waals surface area contributed by atoms with Crippen molar-refractivity contribution < 1.29 is 9.47 Å². The van der Waals surface area contributed by atoms with E-state index in [9.17, 15) is 0 Å². The third kappa shape index (κ3) is 1.02. The first-order valence-corrected chi connectivity index (χ1v) is 3.94. The first kappa shape index (κ1) is 6.77. The smallest absolute Gasteiger partial charge is 0.251 e. The van der Waals surface area contributed by atoms with Crippen LogP contribution in [0.1, 0.15) is 25.7 Å². The van der Waals surface area contributed by atoms with Crippen LogP contribution in [0.3, 0.4) is 0 Å². The zero-order chi connectivity index (χ0) is 7.90. The van der Waals surface area contributed by atoms with Crippen LogP contribution in [-0.2, 0) is 9.47 Å². The minimum atomic E-state index is -0.367. The van der Waals surface area contributed by atoms with Gasteiger partial charge in [0.05, 0.1) is 11.5 Å². The molecule has 0 unspecified atom stereocenters. The molecule has 11 heavy (non-hydrogen) atoms. The molecule has 2 aliphatic heterocycles. The lowest BCUT2D eigenvalue weighted by Crippen LogP contribution is -2.24. The van der Waals surface area contributed by atoms with Gasteiger partial charge in [0.25, 0.3) is 5.79 Å². The lowest BCUT2D eigenvalue weighted by molar-refractivity contribution is -0.144. The molecule has 60 valence electrons. The van der Waals surface area contributed by atoms with E-state index in [1.54, 1.807) is 0 Å². The Kier molecular flexibility index (Phi) is 1.25. The molecular formula is C9H12O2. The summed E-state index contributed by atoms with van der Waals surface area (Å²) in [4.78, 5) is 0. The van der Waals surface area contributed by atoms with Crippen molar-refractivity contribution in [1.82, 2.24) is 0 Å². The highest BCUT2D eigenvalue weighted by Crippen LogP contribution is 2.43. The molecule has 0 aromatic carbocycles. The lowest BCUT2D eigenvalue weighted by Gasteiger charge is -2.21. The number of allylic oxidation sites excluding steroid dienone is 2. The molecule has 2 fully saturated rings. The van der Waals surface area contributed by atoms with Crippen LogP contribution in [0.2, 0.25) is 0 Å². The van der Waals surface area contributed by atoms with Crippen LogP contribution in [-0.4, -0.2) is 5.79 Å². The number of hydrogen-bond acceptors (Lipinski definition) is 2. The predicted octanol–water partition coefficient (Wildman–Crippen LogP) is 2.33. The first-order chi connectivity index (χ1) is 5.20. The van der Waals surface area contributed by atoms with E-state index >= 15 is 0 Å². The van der Waals surface area contributed by atoms with Gasteiger partial charge in [-0.3, -0.25) is 0 Å². The van der Waals surface area contributed by atoms with Gasteiger partial charge in [0.2, 0.25) is 0 Å². The van der Waals surface area contributed by atoms with E-state index in [1.807, 2.05) is 0 Å². The normalized spacial score (nSPS) is 27.3.